The lowest BCUT2D eigenvalue weighted by atomic mass is 10.0. The van der Waals surface area contributed by atoms with Crippen molar-refractivity contribution in [2.24, 2.45) is 0 Å². The van der Waals surface area contributed by atoms with Gasteiger partial charge in [-0.25, -0.2) is 0 Å². The van der Waals surface area contributed by atoms with E-state index in [0.29, 0.717) is 0 Å². The molecule has 0 amide bonds. The molecular formula is C14H18F3N3. The van der Waals surface area contributed by atoms with Crippen molar-refractivity contribution in [1.82, 2.24) is 10.3 Å². The van der Waals surface area contributed by atoms with E-state index in [0.717, 1.165) is 31.6 Å². The third-order valence-electron chi connectivity index (χ3n) is 4.30. The van der Waals surface area contributed by atoms with E-state index in [2.05, 4.69) is 15.2 Å². The van der Waals surface area contributed by atoms with Crippen LogP contribution in [0.3, 0.4) is 0 Å². The number of halogens is 3. The van der Waals surface area contributed by atoms with Gasteiger partial charge in [0.15, 0.2) is 0 Å². The number of rotatable bonds is 3. The quantitative estimate of drug-likeness (QED) is 0.925. The number of anilines is 1. The SMILES string of the molecule is FC(F)(F)C1(NC2CCN(c3ccncc3)CC2)CC1. The van der Waals surface area contributed by atoms with Gasteiger partial charge in [0.2, 0.25) is 0 Å². The Bertz CT molecular complexity index is 448. The molecular weight excluding hydrogens is 267 g/mol. The van der Waals surface area contributed by atoms with Gasteiger partial charge in [0.05, 0.1) is 0 Å². The fraction of sp³-hybridized carbons (Fsp3) is 0.643. The Morgan fingerprint density at radius 1 is 1.15 bits per heavy atom. The zero-order chi connectivity index (χ0) is 14.2. The maximum atomic E-state index is 12.9. The smallest absolute Gasteiger partial charge is 0.371 e. The van der Waals surface area contributed by atoms with Crippen LogP contribution >= 0.6 is 0 Å². The number of nitrogens with zero attached hydrogens (tertiary/aromatic N) is 2. The Balaban J connectivity index is 1.55. The summed E-state index contributed by atoms with van der Waals surface area (Å²) in [5.41, 5.74) is -0.494. The first kappa shape index (κ1) is 13.7. The molecule has 0 atom stereocenters. The number of nitrogens with one attached hydrogen (secondary N) is 1. The molecule has 0 unspecified atom stereocenters. The van der Waals surface area contributed by atoms with Crippen LogP contribution in [0.1, 0.15) is 25.7 Å². The van der Waals surface area contributed by atoms with E-state index in [-0.39, 0.29) is 18.9 Å². The van der Waals surface area contributed by atoms with Crippen LogP contribution in [0.4, 0.5) is 18.9 Å². The first-order valence-electron chi connectivity index (χ1n) is 7.00. The molecule has 0 aromatic carbocycles. The van der Waals surface area contributed by atoms with Gasteiger partial charge in [-0.2, -0.15) is 13.2 Å². The molecule has 2 fully saturated rings. The summed E-state index contributed by atoms with van der Waals surface area (Å²) in [5.74, 6) is 0. The average Bonchev–Trinajstić information content (AvgIpc) is 3.21. The molecule has 0 bridgehead atoms. The Labute approximate surface area is 116 Å². The van der Waals surface area contributed by atoms with Crippen LogP contribution < -0.4 is 10.2 Å². The fourth-order valence-electron chi connectivity index (χ4n) is 2.86. The molecule has 1 aliphatic heterocycles. The molecule has 6 heteroatoms. The molecule has 3 nitrogen and oxygen atoms in total. The molecule has 0 spiro atoms. The zero-order valence-electron chi connectivity index (χ0n) is 11.2. The topological polar surface area (TPSA) is 28.2 Å². The number of pyridine rings is 1. The van der Waals surface area contributed by atoms with E-state index in [4.69, 9.17) is 0 Å². The minimum atomic E-state index is -4.12. The van der Waals surface area contributed by atoms with Crippen molar-refractivity contribution in [3.8, 4) is 0 Å². The van der Waals surface area contributed by atoms with Crippen LogP contribution in [0, 0.1) is 0 Å². The molecule has 1 saturated carbocycles. The van der Waals surface area contributed by atoms with Crippen molar-refractivity contribution >= 4 is 5.69 Å². The first-order valence-corrected chi connectivity index (χ1v) is 7.00. The highest BCUT2D eigenvalue weighted by atomic mass is 19.4. The summed E-state index contributed by atoms with van der Waals surface area (Å²) in [4.78, 5) is 6.18. The van der Waals surface area contributed by atoms with Gasteiger partial charge in [0.25, 0.3) is 0 Å². The van der Waals surface area contributed by atoms with Gasteiger partial charge in [-0.1, -0.05) is 0 Å². The highest BCUT2D eigenvalue weighted by molar-refractivity contribution is 5.44. The summed E-state index contributed by atoms with van der Waals surface area (Å²) in [6, 6.07) is 3.84. The second-order valence-corrected chi connectivity index (χ2v) is 5.69. The Hall–Kier alpha value is -1.30. The standard InChI is InChI=1S/C14H18F3N3/c15-14(16,17)13(5-6-13)19-11-3-9-20(10-4-11)12-1-7-18-8-2-12/h1-2,7-8,11,19H,3-6,9-10H2. The number of alkyl halides is 3. The normalized spacial score (nSPS) is 22.9. The summed E-state index contributed by atoms with van der Waals surface area (Å²) in [5, 5.41) is 2.85. The minimum absolute atomic E-state index is 0.0304. The lowest BCUT2D eigenvalue weighted by Crippen LogP contribution is -2.53. The predicted molar refractivity (Wildman–Crippen MR) is 70.6 cm³/mol. The van der Waals surface area contributed by atoms with Crippen molar-refractivity contribution < 1.29 is 13.2 Å². The molecule has 1 N–H and O–H groups in total. The molecule has 1 saturated heterocycles. The second-order valence-electron chi connectivity index (χ2n) is 5.69. The van der Waals surface area contributed by atoms with Gasteiger partial charge >= 0.3 is 6.18 Å². The second kappa shape index (κ2) is 4.91. The molecule has 110 valence electrons. The predicted octanol–water partition coefficient (Wildman–Crippen LogP) is 2.73. The highest BCUT2D eigenvalue weighted by Crippen LogP contribution is 2.49. The molecule has 2 aliphatic rings. The van der Waals surface area contributed by atoms with Crippen LogP contribution in [0.5, 0.6) is 0 Å². The molecule has 1 aromatic heterocycles. The Morgan fingerprint density at radius 3 is 2.25 bits per heavy atom. The third-order valence-corrected chi connectivity index (χ3v) is 4.30. The largest absolute Gasteiger partial charge is 0.406 e. The molecule has 3 rings (SSSR count). The monoisotopic (exact) mass is 285 g/mol. The van der Waals surface area contributed by atoms with Crippen LogP contribution in [-0.2, 0) is 0 Å². The first-order chi connectivity index (χ1) is 9.50. The van der Waals surface area contributed by atoms with Crippen molar-refractivity contribution in [2.75, 3.05) is 18.0 Å². The number of hydrogen-bond donors (Lipinski definition) is 1. The van der Waals surface area contributed by atoms with Crippen molar-refractivity contribution in [3.63, 3.8) is 0 Å². The van der Waals surface area contributed by atoms with Gasteiger partial charge in [-0.3, -0.25) is 4.98 Å². The van der Waals surface area contributed by atoms with E-state index in [9.17, 15) is 13.2 Å². The Morgan fingerprint density at radius 2 is 1.75 bits per heavy atom. The van der Waals surface area contributed by atoms with Gasteiger partial charge in [-0.05, 0) is 37.8 Å². The van der Waals surface area contributed by atoms with Gasteiger partial charge < -0.3 is 10.2 Å². The maximum Gasteiger partial charge on any atom is 0.406 e. The van der Waals surface area contributed by atoms with Gasteiger partial charge in [0.1, 0.15) is 5.54 Å². The van der Waals surface area contributed by atoms with E-state index in [1.807, 2.05) is 12.1 Å². The van der Waals surface area contributed by atoms with Crippen LogP contribution in [0.25, 0.3) is 0 Å². The lowest BCUT2D eigenvalue weighted by Gasteiger charge is -2.36. The van der Waals surface area contributed by atoms with Gasteiger partial charge in [-0.15, -0.1) is 0 Å². The zero-order valence-corrected chi connectivity index (χ0v) is 11.2. The summed E-state index contributed by atoms with van der Waals surface area (Å²) in [6.07, 6.45) is 1.31. The van der Waals surface area contributed by atoms with Crippen LogP contribution in [0.2, 0.25) is 0 Å². The van der Waals surface area contributed by atoms with Crippen molar-refractivity contribution in [2.45, 2.75) is 43.4 Å². The van der Waals surface area contributed by atoms with Gasteiger partial charge in [0, 0.05) is 37.2 Å². The minimum Gasteiger partial charge on any atom is -0.371 e. The van der Waals surface area contributed by atoms with E-state index in [1.54, 1.807) is 12.4 Å². The highest BCUT2D eigenvalue weighted by Gasteiger charge is 2.63. The number of piperidine rings is 1. The average molecular weight is 285 g/mol. The van der Waals surface area contributed by atoms with E-state index in [1.165, 1.54) is 0 Å². The molecule has 0 radical (unpaired) electrons. The Kier molecular flexibility index (Phi) is 3.36. The van der Waals surface area contributed by atoms with Crippen molar-refractivity contribution in [1.29, 1.82) is 0 Å². The lowest BCUT2D eigenvalue weighted by molar-refractivity contribution is -0.168. The molecule has 1 aromatic rings. The summed E-state index contributed by atoms with van der Waals surface area (Å²) < 4.78 is 38.7. The number of hydrogen-bond acceptors (Lipinski definition) is 3. The van der Waals surface area contributed by atoms with E-state index < -0.39 is 11.7 Å². The number of aromatic nitrogens is 1. The maximum absolute atomic E-state index is 12.9. The fourth-order valence-corrected chi connectivity index (χ4v) is 2.86. The van der Waals surface area contributed by atoms with Crippen molar-refractivity contribution in [3.05, 3.63) is 24.5 Å². The molecule has 20 heavy (non-hydrogen) atoms. The van der Waals surface area contributed by atoms with E-state index >= 15 is 0 Å². The molecule has 1 aliphatic carbocycles. The third kappa shape index (κ3) is 2.61. The van der Waals surface area contributed by atoms with Crippen LogP contribution in [-0.4, -0.2) is 35.8 Å². The summed E-state index contributed by atoms with van der Waals surface area (Å²) in [7, 11) is 0. The summed E-state index contributed by atoms with van der Waals surface area (Å²) in [6.45, 7) is 1.57. The van der Waals surface area contributed by atoms with Crippen LogP contribution in [0.15, 0.2) is 24.5 Å². The molecule has 2 heterocycles. The summed E-state index contributed by atoms with van der Waals surface area (Å²) >= 11 is 0.